The fraction of sp³-hybridized carbons (Fsp3) is 0.478. The van der Waals surface area contributed by atoms with E-state index in [4.69, 9.17) is 5.73 Å². The minimum Gasteiger partial charge on any atom is -0.368 e. The standard InChI is InChI=1S/C23H31N7O2/c1-16-25-13-18(20(27-16)26-14-19(24)31)30-15-22(28-21(30)32)9-11-23(12-10-22,29(2)3)17-7-5-4-6-8-17/h4-8,13H,9-12,14-15H2,1-3H3,(H2,24,31)(H,28,32)(H,25,26,27)/t22-,23+. The van der Waals surface area contributed by atoms with Gasteiger partial charge in [-0.1, -0.05) is 30.3 Å². The predicted molar refractivity (Wildman–Crippen MR) is 123 cm³/mol. The Morgan fingerprint density at radius 3 is 2.53 bits per heavy atom. The van der Waals surface area contributed by atoms with Gasteiger partial charge < -0.3 is 16.4 Å². The average molecular weight is 438 g/mol. The molecular formula is C23H31N7O2. The van der Waals surface area contributed by atoms with Crippen LogP contribution < -0.4 is 21.3 Å². The maximum absolute atomic E-state index is 13.0. The molecule has 1 saturated carbocycles. The van der Waals surface area contributed by atoms with E-state index in [2.05, 4.69) is 63.9 Å². The van der Waals surface area contributed by atoms with Gasteiger partial charge in [-0.3, -0.25) is 14.6 Å². The summed E-state index contributed by atoms with van der Waals surface area (Å²) in [5, 5.41) is 6.18. The number of carbonyl (C=O) groups is 2. The van der Waals surface area contributed by atoms with Crippen molar-refractivity contribution in [1.29, 1.82) is 0 Å². The van der Waals surface area contributed by atoms with Crippen LogP contribution in [0.5, 0.6) is 0 Å². The van der Waals surface area contributed by atoms with Gasteiger partial charge in [0.2, 0.25) is 5.91 Å². The molecule has 0 bridgehead atoms. The molecule has 1 aromatic carbocycles. The number of hydrogen-bond donors (Lipinski definition) is 3. The van der Waals surface area contributed by atoms with Crippen LogP contribution in [-0.4, -0.2) is 59.5 Å². The molecule has 0 atom stereocenters. The number of nitrogens with one attached hydrogen (secondary N) is 2. The number of anilines is 2. The van der Waals surface area contributed by atoms with Crippen molar-refractivity contribution in [2.75, 3.05) is 37.4 Å². The zero-order valence-electron chi connectivity index (χ0n) is 18.9. The maximum Gasteiger partial charge on any atom is 0.322 e. The summed E-state index contributed by atoms with van der Waals surface area (Å²) in [7, 11) is 4.26. The summed E-state index contributed by atoms with van der Waals surface area (Å²) in [5.74, 6) is 0.486. The molecule has 9 heteroatoms. The second kappa shape index (κ2) is 8.38. The highest BCUT2D eigenvalue weighted by Gasteiger charge is 2.50. The third kappa shape index (κ3) is 4.00. The summed E-state index contributed by atoms with van der Waals surface area (Å²) >= 11 is 0. The van der Waals surface area contributed by atoms with E-state index in [0.29, 0.717) is 23.9 Å². The molecule has 170 valence electrons. The van der Waals surface area contributed by atoms with E-state index in [0.717, 1.165) is 25.7 Å². The first-order valence-corrected chi connectivity index (χ1v) is 10.9. The van der Waals surface area contributed by atoms with E-state index in [1.54, 1.807) is 18.0 Å². The highest BCUT2D eigenvalue weighted by Crippen LogP contribution is 2.46. The van der Waals surface area contributed by atoms with Crippen LogP contribution in [0, 0.1) is 6.92 Å². The van der Waals surface area contributed by atoms with Gasteiger partial charge >= 0.3 is 6.03 Å². The second-order valence-electron chi connectivity index (χ2n) is 9.06. The maximum atomic E-state index is 13.0. The third-order valence-electron chi connectivity index (χ3n) is 6.89. The molecule has 1 aliphatic heterocycles. The van der Waals surface area contributed by atoms with Crippen LogP contribution in [0.15, 0.2) is 36.5 Å². The number of nitrogens with two attached hydrogens (primary N) is 1. The second-order valence-corrected chi connectivity index (χ2v) is 9.06. The number of primary amides is 1. The van der Waals surface area contributed by atoms with Crippen LogP contribution in [0.1, 0.15) is 37.1 Å². The van der Waals surface area contributed by atoms with Crippen molar-refractivity contribution >= 4 is 23.4 Å². The van der Waals surface area contributed by atoms with E-state index < -0.39 is 5.91 Å². The topological polar surface area (TPSA) is 116 Å². The monoisotopic (exact) mass is 437 g/mol. The van der Waals surface area contributed by atoms with Gasteiger partial charge in [0.25, 0.3) is 0 Å². The van der Waals surface area contributed by atoms with Gasteiger partial charge in [-0.25, -0.2) is 14.8 Å². The minimum atomic E-state index is -0.497. The number of urea groups is 1. The van der Waals surface area contributed by atoms with Crippen LogP contribution in [-0.2, 0) is 10.3 Å². The van der Waals surface area contributed by atoms with Gasteiger partial charge in [0.15, 0.2) is 5.82 Å². The molecule has 1 aliphatic carbocycles. The molecule has 2 aliphatic rings. The van der Waals surface area contributed by atoms with Gasteiger partial charge in [0, 0.05) is 5.54 Å². The van der Waals surface area contributed by atoms with Crippen LogP contribution in [0.25, 0.3) is 0 Å². The first-order chi connectivity index (χ1) is 15.2. The Bertz CT molecular complexity index is 1000. The molecule has 2 fully saturated rings. The molecule has 1 saturated heterocycles. The van der Waals surface area contributed by atoms with Gasteiger partial charge in [-0.15, -0.1) is 0 Å². The van der Waals surface area contributed by atoms with Gasteiger partial charge in [-0.2, -0.15) is 0 Å². The molecule has 3 amide bonds. The highest BCUT2D eigenvalue weighted by atomic mass is 16.2. The number of amides is 3. The van der Waals surface area contributed by atoms with Crippen LogP contribution >= 0.6 is 0 Å². The van der Waals surface area contributed by atoms with Gasteiger partial charge in [-0.05, 0) is 52.3 Å². The lowest BCUT2D eigenvalue weighted by molar-refractivity contribution is -0.116. The van der Waals surface area contributed by atoms with Gasteiger partial charge in [0.1, 0.15) is 11.5 Å². The molecule has 4 rings (SSSR count). The van der Waals surface area contributed by atoms with E-state index in [1.807, 2.05) is 6.07 Å². The molecular weight excluding hydrogens is 406 g/mol. The van der Waals surface area contributed by atoms with E-state index in [1.165, 1.54) is 5.56 Å². The zero-order valence-corrected chi connectivity index (χ0v) is 18.9. The lowest BCUT2D eigenvalue weighted by atomic mass is 9.69. The van der Waals surface area contributed by atoms with Crippen LogP contribution in [0.3, 0.4) is 0 Å². The number of nitrogens with zero attached hydrogens (tertiary/aromatic N) is 4. The molecule has 2 heterocycles. The lowest BCUT2D eigenvalue weighted by Gasteiger charge is -2.48. The molecule has 4 N–H and O–H groups in total. The first-order valence-electron chi connectivity index (χ1n) is 10.9. The van der Waals surface area contributed by atoms with Crippen molar-refractivity contribution < 1.29 is 9.59 Å². The fourth-order valence-electron chi connectivity index (χ4n) is 5.03. The zero-order chi connectivity index (χ0) is 22.9. The summed E-state index contributed by atoms with van der Waals surface area (Å²) in [4.78, 5) is 36.9. The van der Waals surface area contributed by atoms with Crippen LogP contribution in [0.4, 0.5) is 16.3 Å². The Morgan fingerprint density at radius 2 is 1.91 bits per heavy atom. The van der Waals surface area contributed by atoms with Crippen molar-refractivity contribution in [3.63, 3.8) is 0 Å². The van der Waals surface area contributed by atoms with Crippen LogP contribution in [0.2, 0.25) is 0 Å². The Balaban J connectivity index is 1.56. The first kappa shape index (κ1) is 22.0. The summed E-state index contributed by atoms with van der Waals surface area (Å²) in [6.07, 6.45) is 5.23. The molecule has 1 spiro atoms. The molecule has 2 aromatic rings. The highest BCUT2D eigenvalue weighted by molar-refractivity contribution is 5.98. The fourth-order valence-corrected chi connectivity index (χ4v) is 5.03. The van der Waals surface area contributed by atoms with Crippen molar-refractivity contribution in [2.24, 2.45) is 5.73 Å². The quantitative estimate of drug-likeness (QED) is 0.636. The van der Waals surface area contributed by atoms with Crippen molar-refractivity contribution in [1.82, 2.24) is 20.2 Å². The average Bonchev–Trinajstić information content (AvgIpc) is 3.09. The number of carbonyl (C=O) groups excluding carboxylic acids is 2. The van der Waals surface area contributed by atoms with Crippen molar-refractivity contribution in [3.8, 4) is 0 Å². The predicted octanol–water partition coefficient (Wildman–Crippen LogP) is 1.98. The summed E-state index contributed by atoms with van der Waals surface area (Å²) in [5.41, 5.74) is 6.78. The number of hydrogen-bond acceptors (Lipinski definition) is 6. The normalized spacial score (nSPS) is 25.2. The molecule has 32 heavy (non-hydrogen) atoms. The minimum absolute atomic E-state index is 0.0498. The number of aromatic nitrogens is 2. The third-order valence-corrected chi connectivity index (χ3v) is 6.89. The smallest absolute Gasteiger partial charge is 0.322 e. The van der Waals surface area contributed by atoms with Crippen molar-refractivity contribution in [3.05, 3.63) is 47.9 Å². The number of rotatable bonds is 6. The summed E-state index contributed by atoms with van der Waals surface area (Å²) < 4.78 is 0. The van der Waals surface area contributed by atoms with E-state index >= 15 is 0 Å². The van der Waals surface area contributed by atoms with Gasteiger partial charge in [0.05, 0.1) is 24.8 Å². The number of aryl methyl sites for hydroxylation is 1. The largest absolute Gasteiger partial charge is 0.368 e. The number of benzene rings is 1. The molecule has 1 aromatic heterocycles. The van der Waals surface area contributed by atoms with E-state index in [9.17, 15) is 9.59 Å². The van der Waals surface area contributed by atoms with Crippen molar-refractivity contribution in [2.45, 2.75) is 43.7 Å². The Labute approximate surface area is 188 Å². The summed E-state index contributed by atoms with van der Waals surface area (Å²) in [6, 6.07) is 10.4. The Hall–Kier alpha value is -3.20. The lowest BCUT2D eigenvalue weighted by Crippen LogP contribution is -2.54. The molecule has 9 nitrogen and oxygen atoms in total. The van der Waals surface area contributed by atoms with E-state index in [-0.39, 0.29) is 23.7 Å². The summed E-state index contributed by atoms with van der Waals surface area (Å²) in [6.45, 7) is 2.23. The Kier molecular flexibility index (Phi) is 5.77. The molecule has 0 radical (unpaired) electrons. The molecule has 0 unspecified atom stereocenters. The SMILES string of the molecule is Cc1ncc(N2C[C@]3(CC[C@](c4ccccc4)(N(C)C)CC3)NC2=O)c(NCC(N)=O)n1. The Morgan fingerprint density at radius 1 is 1.22 bits per heavy atom.